The minimum Gasteiger partial charge on any atom is -0.494 e. The minimum absolute atomic E-state index is 0.460. The molecule has 0 spiro atoms. The van der Waals surface area contributed by atoms with Gasteiger partial charge in [-0.1, -0.05) is 48.5 Å². The van der Waals surface area contributed by atoms with Crippen molar-refractivity contribution in [1.29, 1.82) is 0 Å². The van der Waals surface area contributed by atoms with Crippen LogP contribution in [0.1, 0.15) is 37.8 Å². The average molecular weight is 395 g/mol. The fourth-order valence-corrected chi connectivity index (χ4v) is 3.69. The van der Waals surface area contributed by atoms with Gasteiger partial charge in [0.15, 0.2) is 5.96 Å². The normalized spacial score (nSPS) is 15.9. The highest BCUT2D eigenvalue weighted by atomic mass is 16.5. The van der Waals surface area contributed by atoms with Crippen molar-refractivity contribution in [3.05, 3.63) is 65.7 Å². The van der Waals surface area contributed by atoms with E-state index in [1.165, 1.54) is 5.56 Å². The summed E-state index contributed by atoms with van der Waals surface area (Å²) >= 11 is 0. The molecule has 156 valence electrons. The Hall–Kier alpha value is -2.53. The number of aliphatic imine (C=N–C) groups is 1. The first-order valence-electron chi connectivity index (χ1n) is 10.8. The minimum atomic E-state index is 0.460. The Morgan fingerprint density at radius 3 is 2.48 bits per heavy atom. The van der Waals surface area contributed by atoms with E-state index in [9.17, 15) is 0 Å². The van der Waals surface area contributed by atoms with Crippen LogP contribution in [0, 0.1) is 0 Å². The fraction of sp³-hybridized carbons (Fsp3) is 0.458. The van der Waals surface area contributed by atoms with Gasteiger partial charge in [-0.3, -0.25) is 4.90 Å². The highest BCUT2D eigenvalue weighted by molar-refractivity contribution is 5.80. The molecular formula is C24H34N4O. The van der Waals surface area contributed by atoms with E-state index >= 15 is 0 Å². The Morgan fingerprint density at radius 1 is 1.03 bits per heavy atom. The van der Waals surface area contributed by atoms with Crippen LogP contribution >= 0.6 is 0 Å². The Kier molecular flexibility index (Phi) is 8.38. The molecule has 2 N–H and O–H groups in total. The molecule has 0 radical (unpaired) electrons. The predicted molar refractivity (Wildman–Crippen MR) is 120 cm³/mol. The van der Waals surface area contributed by atoms with Crippen molar-refractivity contribution < 1.29 is 4.74 Å². The van der Waals surface area contributed by atoms with Crippen molar-refractivity contribution in [2.75, 3.05) is 26.2 Å². The number of hydrogen-bond donors (Lipinski definition) is 2. The predicted octanol–water partition coefficient (Wildman–Crippen LogP) is 3.81. The summed E-state index contributed by atoms with van der Waals surface area (Å²) in [7, 11) is 0. The van der Waals surface area contributed by atoms with E-state index in [4.69, 9.17) is 9.73 Å². The summed E-state index contributed by atoms with van der Waals surface area (Å²) in [5, 5.41) is 7.02. The topological polar surface area (TPSA) is 48.9 Å². The monoisotopic (exact) mass is 394 g/mol. The number of rotatable bonds is 8. The van der Waals surface area contributed by atoms with Crippen molar-refractivity contribution in [3.8, 4) is 5.75 Å². The van der Waals surface area contributed by atoms with Gasteiger partial charge in [0.2, 0.25) is 0 Å². The van der Waals surface area contributed by atoms with Crippen LogP contribution in [0.5, 0.6) is 5.75 Å². The van der Waals surface area contributed by atoms with Gasteiger partial charge in [-0.05, 0) is 38.3 Å². The fourth-order valence-electron chi connectivity index (χ4n) is 3.69. The quantitative estimate of drug-likeness (QED) is 0.528. The van der Waals surface area contributed by atoms with Gasteiger partial charge in [-0.15, -0.1) is 0 Å². The first kappa shape index (κ1) is 21.2. The van der Waals surface area contributed by atoms with Gasteiger partial charge in [-0.25, -0.2) is 4.99 Å². The second-order valence-electron chi connectivity index (χ2n) is 7.42. The summed E-state index contributed by atoms with van der Waals surface area (Å²) in [6, 6.07) is 19.3. The largest absolute Gasteiger partial charge is 0.494 e. The summed E-state index contributed by atoms with van der Waals surface area (Å²) in [6.07, 6.45) is 2.26. The smallest absolute Gasteiger partial charge is 0.191 e. The zero-order chi connectivity index (χ0) is 20.3. The first-order chi connectivity index (χ1) is 14.3. The number of benzene rings is 2. The third-order valence-corrected chi connectivity index (χ3v) is 5.20. The number of nitrogens with zero attached hydrogens (tertiary/aromatic N) is 2. The molecule has 3 rings (SSSR count). The summed E-state index contributed by atoms with van der Waals surface area (Å²) < 4.78 is 5.72. The van der Waals surface area contributed by atoms with E-state index < -0.39 is 0 Å². The summed E-state index contributed by atoms with van der Waals surface area (Å²) in [5.74, 6) is 1.81. The zero-order valence-electron chi connectivity index (χ0n) is 17.7. The number of piperidine rings is 1. The molecule has 1 fully saturated rings. The maximum Gasteiger partial charge on any atom is 0.191 e. The first-order valence-corrected chi connectivity index (χ1v) is 10.8. The highest BCUT2D eigenvalue weighted by Crippen LogP contribution is 2.19. The highest BCUT2D eigenvalue weighted by Gasteiger charge is 2.20. The van der Waals surface area contributed by atoms with Gasteiger partial charge < -0.3 is 15.4 Å². The van der Waals surface area contributed by atoms with Crippen molar-refractivity contribution in [2.24, 2.45) is 4.99 Å². The van der Waals surface area contributed by atoms with Crippen molar-refractivity contribution in [1.82, 2.24) is 15.5 Å². The van der Waals surface area contributed by atoms with Crippen molar-refractivity contribution in [3.63, 3.8) is 0 Å². The molecule has 1 aliphatic heterocycles. The molecular weight excluding hydrogens is 360 g/mol. The van der Waals surface area contributed by atoms with E-state index in [1.807, 2.05) is 25.1 Å². The van der Waals surface area contributed by atoms with E-state index in [0.717, 1.165) is 56.3 Å². The summed E-state index contributed by atoms with van der Waals surface area (Å²) in [4.78, 5) is 7.35. The standard InChI is InChI=1S/C24H34N4O/c1-3-25-24(26-18-21-12-8-9-13-23(21)29-4-2)27-22-14-16-28(17-15-22)19-20-10-6-5-7-11-20/h5-13,22H,3-4,14-19H2,1-2H3,(H2,25,26,27). The maximum absolute atomic E-state index is 5.72. The third kappa shape index (κ3) is 6.79. The zero-order valence-corrected chi connectivity index (χ0v) is 17.7. The molecule has 29 heavy (non-hydrogen) atoms. The molecule has 5 nitrogen and oxygen atoms in total. The molecule has 5 heteroatoms. The molecule has 0 amide bonds. The lowest BCUT2D eigenvalue weighted by Crippen LogP contribution is -2.48. The van der Waals surface area contributed by atoms with Gasteiger partial charge >= 0.3 is 0 Å². The summed E-state index contributed by atoms with van der Waals surface area (Å²) in [5.41, 5.74) is 2.51. The van der Waals surface area contributed by atoms with Gasteiger partial charge in [0, 0.05) is 37.8 Å². The Bertz CT molecular complexity index is 754. The molecule has 0 aliphatic carbocycles. The molecule has 0 saturated carbocycles. The van der Waals surface area contributed by atoms with Gasteiger partial charge in [0.05, 0.1) is 13.2 Å². The van der Waals surface area contributed by atoms with Gasteiger partial charge in [0.1, 0.15) is 5.75 Å². The Morgan fingerprint density at radius 2 is 1.76 bits per heavy atom. The van der Waals surface area contributed by atoms with Crippen LogP contribution in [0.25, 0.3) is 0 Å². The molecule has 1 heterocycles. The third-order valence-electron chi connectivity index (χ3n) is 5.20. The number of likely N-dealkylation sites (tertiary alicyclic amines) is 1. The molecule has 0 bridgehead atoms. The lowest BCUT2D eigenvalue weighted by Gasteiger charge is -2.33. The van der Waals surface area contributed by atoms with Crippen LogP contribution in [-0.2, 0) is 13.1 Å². The average Bonchev–Trinajstić information content (AvgIpc) is 2.75. The summed E-state index contributed by atoms with van der Waals surface area (Å²) in [6.45, 7) is 9.50. The number of ether oxygens (including phenoxy) is 1. The maximum atomic E-state index is 5.72. The Balaban J connectivity index is 1.52. The van der Waals surface area contributed by atoms with Crippen molar-refractivity contribution in [2.45, 2.75) is 45.8 Å². The van der Waals surface area contributed by atoms with Gasteiger partial charge in [0.25, 0.3) is 0 Å². The van der Waals surface area contributed by atoms with E-state index in [1.54, 1.807) is 0 Å². The van der Waals surface area contributed by atoms with E-state index in [2.05, 4.69) is 58.9 Å². The van der Waals surface area contributed by atoms with Crippen LogP contribution in [-0.4, -0.2) is 43.1 Å². The lowest BCUT2D eigenvalue weighted by molar-refractivity contribution is 0.198. The number of guanidine groups is 1. The van der Waals surface area contributed by atoms with Crippen molar-refractivity contribution >= 4 is 5.96 Å². The van der Waals surface area contributed by atoms with E-state index in [-0.39, 0.29) is 0 Å². The van der Waals surface area contributed by atoms with Crippen LogP contribution in [0.15, 0.2) is 59.6 Å². The van der Waals surface area contributed by atoms with Gasteiger partial charge in [-0.2, -0.15) is 0 Å². The SMILES string of the molecule is CCNC(=NCc1ccccc1OCC)NC1CCN(Cc2ccccc2)CC1. The van der Waals surface area contributed by atoms with Crippen LogP contribution in [0.4, 0.5) is 0 Å². The number of nitrogens with one attached hydrogen (secondary N) is 2. The van der Waals surface area contributed by atoms with Crippen LogP contribution in [0.2, 0.25) is 0 Å². The molecule has 0 atom stereocenters. The van der Waals surface area contributed by atoms with E-state index in [0.29, 0.717) is 19.2 Å². The molecule has 0 aromatic heterocycles. The van der Waals surface area contributed by atoms with Crippen LogP contribution in [0.3, 0.4) is 0 Å². The second-order valence-corrected chi connectivity index (χ2v) is 7.42. The number of hydrogen-bond acceptors (Lipinski definition) is 3. The molecule has 1 saturated heterocycles. The lowest BCUT2D eigenvalue weighted by atomic mass is 10.0. The molecule has 2 aromatic rings. The molecule has 0 unspecified atom stereocenters. The Labute approximate surface area is 175 Å². The number of para-hydroxylation sites is 1. The second kappa shape index (κ2) is 11.5. The molecule has 1 aliphatic rings. The van der Waals surface area contributed by atoms with Crippen LogP contribution < -0.4 is 15.4 Å². The molecule has 2 aromatic carbocycles.